The van der Waals surface area contributed by atoms with Crippen molar-refractivity contribution in [2.45, 2.75) is 26.7 Å². The molecule has 23 heavy (non-hydrogen) atoms. The van der Waals surface area contributed by atoms with Crippen molar-refractivity contribution in [2.75, 3.05) is 18.9 Å². The largest absolute Gasteiger partial charge is 0.492 e. The Morgan fingerprint density at radius 1 is 1.17 bits per heavy atom. The van der Waals surface area contributed by atoms with Gasteiger partial charge in [0.05, 0.1) is 6.54 Å². The fourth-order valence-electron chi connectivity index (χ4n) is 2.26. The molecule has 0 unspecified atom stereocenters. The lowest BCUT2D eigenvalue weighted by molar-refractivity contribution is 0.0946. The monoisotopic (exact) mass is 312 g/mol. The summed E-state index contributed by atoms with van der Waals surface area (Å²) in [7, 11) is 0. The highest BCUT2D eigenvalue weighted by Gasteiger charge is 2.08. The molecule has 0 heterocycles. The van der Waals surface area contributed by atoms with Crippen LogP contribution in [-0.4, -0.2) is 19.1 Å². The van der Waals surface area contributed by atoms with E-state index in [1.54, 1.807) is 12.1 Å². The summed E-state index contributed by atoms with van der Waals surface area (Å²) in [5.41, 5.74) is 9.10. The molecule has 0 radical (unpaired) electrons. The van der Waals surface area contributed by atoms with E-state index in [4.69, 9.17) is 10.5 Å². The Morgan fingerprint density at radius 2 is 1.87 bits per heavy atom. The number of ether oxygens (including phenoxy) is 1. The van der Waals surface area contributed by atoms with Crippen LogP contribution >= 0.6 is 0 Å². The molecule has 0 atom stereocenters. The minimum Gasteiger partial charge on any atom is -0.492 e. The molecule has 0 aliphatic rings. The number of anilines is 1. The lowest BCUT2D eigenvalue weighted by Crippen LogP contribution is -2.28. The Balaban J connectivity index is 1.81. The number of nitrogens with two attached hydrogens (primary N) is 1. The smallest absolute Gasteiger partial charge is 0.251 e. The first-order chi connectivity index (χ1) is 11.0. The van der Waals surface area contributed by atoms with Gasteiger partial charge in [0, 0.05) is 11.3 Å². The van der Waals surface area contributed by atoms with Crippen LogP contribution in [0, 0.1) is 6.92 Å². The summed E-state index contributed by atoms with van der Waals surface area (Å²) in [5, 5.41) is 2.85. The minimum absolute atomic E-state index is 0.131. The number of hydrogen-bond donors (Lipinski definition) is 2. The van der Waals surface area contributed by atoms with Crippen molar-refractivity contribution in [3.8, 4) is 5.75 Å². The molecular weight excluding hydrogens is 288 g/mol. The third kappa shape index (κ3) is 4.74. The van der Waals surface area contributed by atoms with Crippen molar-refractivity contribution in [3.05, 3.63) is 59.2 Å². The van der Waals surface area contributed by atoms with E-state index in [9.17, 15) is 4.79 Å². The van der Waals surface area contributed by atoms with Crippen molar-refractivity contribution in [3.63, 3.8) is 0 Å². The summed E-state index contributed by atoms with van der Waals surface area (Å²) in [5.74, 6) is 1.18. The van der Waals surface area contributed by atoms with Crippen molar-refractivity contribution < 1.29 is 9.53 Å². The fourth-order valence-corrected chi connectivity index (χ4v) is 2.26. The van der Waals surface area contributed by atoms with E-state index in [0.29, 0.717) is 30.3 Å². The molecule has 0 saturated heterocycles. The fraction of sp³-hybridized carbons (Fsp3) is 0.316. The Labute approximate surface area is 137 Å². The summed E-state index contributed by atoms with van der Waals surface area (Å²) in [4.78, 5) is 12.1. The third-order valence-electron chi connectivity index (χ3n) is 3.71. The van der Waals surface area contributed by atoms with Gasteiger partial charge < -0.3 is 15.8 Å². The quantitative estimate of drug-likeness (QED) is 0.634. The number of hydrogen-bond acceptors (Lipinski definition) is 3. The van der Waals surface area contributed by atoms with Crippen LogP contribution in [0.4, 0.5) is 5.69 Å². The third-order valence-corrected chi connectivity index (χ3v) is 3.71. The standard InChI is InChI=1S/C19H24N2O2/c1-13(2)15-5-8-17(9-6-15)23-11-10-21-19(22)18-12-16(20)7-4-14(18)3/h4-9,12-13H,10-11,20H2,1-3H3,(H,21,22). The molecule has 3 N–H and O–H groups in total. The second-order valence-corrected chi connectivity index (χ2v) is 5.90. The molecule has 2 aromatic rings. The number of benzene rings is 2. The van der Waals surface area contributed by atoms with Gasteiger partial charge >= 0.3 is 0 Å². The van der Waals surface area contributed by atoms with E-state index >= 15 is 0 Å². The Hall–Kier alpha value is -2.49. The van der Waals surface area contributed by atoms with Crippen LogP contribution < -0.4 is 15.8 Å². The first-order valence-corrected chi connectivity index (χ1v) is 7.84. The van der Waals surface area contributed by atoms with Crippen LogP contribution in [0.5, 0.6) is 5.75 Å². The van der Waals surface area contributed by atoms with Crippen molar-refractivity contribution >= 4 is 11.6 Å². The Kier molecular flexibility index (Phi) is 5.63. The summed E-state index contributed by atoms with van der Waals surface area (Å²) < 4.78 is 5.64. The zero-order valence-electron chi connectivity index (χ0n) is 13.9. The maximum Gasteiger partial charge on any atom is 0.251 e. The zero-order chi connectivity index (χ0) is 16.8. The van der Waals surface area contributed by atoms with E-state index in [1.807, 2.05) is 25.1 Å². The normalized spacial score (nSPS) is 10.6. The Morgan fingerprint density at radius 3 is 2.52 bits per heavy atom. The first kappa shape index (κ1) is 16.9. The molecule has 0 bridgehead atoms. The molecule has 0 saturated carbocycles. The molecule has 0 aromatic heterocycles. The van der Waals surface area contributed by atoms with Crippen molar-refractivity contribution in [2.24, 2.45) is 0 Å². The summed E-state index contributed by atoms with van der Waals surface area (Å²) in [6, 6.07) is 13.4. The molecular formula is C19H24N2O2. The number of rotatable bonds is 6. The second-order valence-electron chi connectivity index (χ2n) is 5.90. The number of carbonyl (C=O) groups is 1. The highest BCUT2D eigenvalue weighted by atomic mass is 16.5. The van der Waals surface area contributed by atoms with Gasteiger partial charge in [-0.1, -0.05) is 32.0 Å². The van der Waals surface area contributed by atoms with Crippen LogP contribution in [0.15, 0.2) is 42.5 Å². The predicted molar refractivity (Wildman–Crippen MR) is 94.0 cm³/mol. The Bertz CT molecular complexity index is 664. The number of nitrogens with one attached hydrogen (secondary N) is 1. The van der Waals surface area contributed by atoms with Crippen molar-refractivity contribution in [1.29, 1.82) is 0 Å². The van der Waals surface area contributed by atoms with Gasteiger partial charge in [-0.2, -0.15) is 0 Å². The van der Waals surface area contributed by atoms with Crippen LogP contribution in [0.25, 0.3) is 0 Å². The van der Waals surface area contributed by atoms with Crippen LogP contribution in [0.2, 0.25) is 0 Å². The number of amides is 1. The van der Waals surface area contributed by atoms with Crippen LogP contribution in [-0.2, 0) is 0 Å². The predicted octanol–water partition coefficient (Wildman–Crippen LogP) is 3.51. The molecule has 122 valence electrons. The molecule has 2 rings (SSSR count). The highest BCUT2D eigenvalue weighted by Crippen LogP contribution is 2.18. The minimum atomic E-state index is -0.131. The van der Waals surface area contributed by atoms with Gasteiger partial charge in [0.1, 0.15) is 12.4 Å². The lowest BCUT2D eigenvalue weighted by Gasteiger charge is -2.11. The molecule has 0 aliphatic carbocycles. The summed E-state index contributed by atoms with van der Waals surface area (Å²) in [6.45, 7) is 7.07. The topological polar surface area (TPSA) is 64.4 Å². The first-order valence-electron chi connectivity index (χ1n) is 7.84. The van der Waals surface area contributed by atoms with Gasteiger partial charge in [0.25, 0.3) is 5.91 Å². The number of nitrogen functional groups attached to an aromatic ring is 1. The SMILES string of the molecule is Cc1ccc(N)cc1C(=O)NCCOc1ccc(C(C)C)cc1. The molecule has 4 nitrogen and oxygen atoms in total. The maximum atomic E-state index is 12.1. The van der Waals surface area contributed by atoms with E-state index in [1.165, 1.54) is 5.56 Å². The van der Waals surface area contributed by atoms with Gasteiger partial charge in [-0.3, -0.25) is 4.79 Å². The van der Waals surface area contributed by atoms with Gasteiger partial charge in [0.15, 0.2) is 0 Å². The average molecular weight is 312 g/mol. The van der Waals surface area contributed by atoms with Gasteiger partial charge in [-0.05, 0) is 48.2 Å². The summed E-state index contributed by atoms with van der Waals surface area (Å²) >= 11 is 0. The van der Waals surface area contributed by atoms with Crippen molar-refractivity contribution in [1.82, 2.24) is 5.32 Å². The molecule has 0 fully saturated rings. The molecule has 4 heteroatoms. The van der Waals surface area contributed by atoms with E-state index in [2.05, 4.69) is 31.3 Å². The lowest BCUT2D eigenvalue weighted by atomic mass is 10.0. The van der Waals surface area contributed by atoms with E-state index in [0.717, 1.165) is 11.3 Å². The number of carbonyl (C=O) groups excluding carboxylic acids is 1. The molecule has 1 amide bonds. The van der Waals surface area contributed by atoms with Gasteiger partial charge in [-0.15, -0.1) is 0 Å². The summed E-state index contributed by atoms with van der Waals surface area (Å²) in [6.07, 6.45) is 0. The van der Waals surface area contributed by atoms with E-state index in [-0.39, 0.29) is 5.91 Å². The highest BCUT2D eigenvalue weighted by molar-refractivity contribution is 5.96. The van der Waals surface area contributed by atoms with Crippen LogP contribution in [0.3, 0.4) is 0 Å². The maximum absolute atomic E-state index is 12.1. The molecule has 2 aromatic carbocycles. The number of aryl methyl sites for hydroxylation is 1. The average Bonchev–Trinajstić information content (AvgIpc) is 2.54. The van der Waals surface area contributed by atoms with Gasteiger partial charge in [0.2, 0.25) is 0 Å². The second kappa shape index (κ2) is 7.68. The molecule has 0 spiro atoms. The van der Waals surface area contributed by atoms with Gasteiger partial charge in [-0.25, -0.2) is 0 Å². The van der Waals surface area contributed by atoms with Crippen LogP contribution in [0.1, 0.15) is 41.3 Å². The molecule has 0 aliphatic heterocycles. The zero-order valence-corrected chi connectivity index (χ0v) is 13.9. The van der Waals surface area contributed by atoms with E-state index < -0.39 is 0 Å².